The predicted molar refractivity (Wildman–Crippen MR) is 65.4 cm³/mol. The van der Waals surface area contributed by atoms with E-state index in [1.807, 2.05) is 25.1 Å². The van der Waals surface area contributed by atoms with Crippen molar-refractivity contribution >= 4 is 22.5 Å². The number of aliphatic carboxylic acids is 1. The van der Waals surface area contributed by atoms with Crippen LogP contribution in [-0.2, 0) is 4.79 Å². The van der Waals surface area contributed by atoms with Crippen molar-refractivity contribution < 1.29 is 14.7 Å². The van der Waals surface area contributed by atoms with Gasteiger partial charge in [0.15, 0.2) is 0 Å². The van der Waals surface area contributed by atoms with Gasteiger partial charge in [-0.2, -0.15) is 0 Å². The zero-order valence-corrected chi connectivity index (χ0v) is 9.65. The summed E-state index contributed by atoms with van der Waals surface area (Å²) in [6.45, 7) is 3.70. The zero-order chi connectivity index (χ0) is 12.6. The maximum Gasteiger partial charge on any atom is 0.377 e. The highest BCUT2D eigenvalue weighted by molar-refractivity contribution is 6.42. The molecule has 2 aromatic rings. The molecule has 17 heavy (non-hydrogen) atoms. The molecular formula is C14H12O3. The van der Waals surface area contributed by atoms with Crippen LogP contribution in [0.2, 0.25) is 0 Å². The number of hydrogen-bond acceptors (Lipinski definition) is 2. The molecular weight excluding hydrogens is 216 g/mol. The Morgan fingerprint density at radius 3 is 2.41 bits per heavy atom. The lowest BCUT2D eigenvalue weighted by molar-refractivity contribution is -0.131. The third-order valence-corrected chi connectivity index (χ3v) is 2.80. The lowest BCUT2D eigenvalue weighted by atomic mass is 9.95. The fourth-order valence-electron chi connectivity index (χ4n) is 1.97. The summed E-state index contributed by atoms with van der Waals surface area (Å²) in [6.07, 6.45) is 0. The molecule has 0 aliphatic rings. The molecule has 0 aliphatic heterocycles. The Bertz CT molecular complexity index is 627. The fraction of sp³-hybridized carbons (Fsp3) is 0.143. The minimum absolute atomic E-state index is 0.287. The van der Waals surface area contributed by atoms with Crippen LogP contribution < -0.4 is 0 Å². The summed E-state index contributed by atoms with van der Waals surface area (Å²) in [5, 5.41) is 10.4. The van der Waals surface area contributed by atoms with E-state index < -0.39 is 11.8 Å². The minimum atomic E-state index is -1.42. The molecule has 0 unspecified atom stereocenters. The molecule has 0 aliphatic carbocycles. The number of ketones is 1. The number of aryl methyl sites for hydroxylation is 2. The summed E-state index contributed by atoms with van der Waals surface area (Å²) >= 11 is 0. The van der Waals surface area contributed by atoms with Crippen molar-refractivity contribution in [1.29, 1.82) is 0 Å². The largest absolute Gasteiger partial charge is 0.475 e. The molecule has 1 N–H and O–H groups in total. The second kappa shape index (κ2) is 4.01. The van der Waals surface area contributed by atoms with Crippen LogP contribution in [0.5, 0.6) is 0 Å². The average molecular weight is 228 g/mol. The standard InChI is InChI=1S/C14H12O3/c1-8-3-6-11-10(7-8)5-4-9(2)12(11)13(15)14(16)17/h3-7H,1-2H3,(H,16,17). The van der Waals surface area contributed by atoms with Crippen LogP contribution in [0.1, 0.15) is 21.5 Å². The number of fused-ring (bicyclic) bond motifs is 1. The van der Waals surface area contributed by atoms with Crippen molar-refractivity contribution in [1.82, 2.24) is 0 Å². The Labute approximate surface area is 98.7 Å². The highest BCUT2D eigenvalue weighted by Crippen LogP contribution is 2.23. The van der Waals surface area contributed by atoms with E-state index in [0.29, 0.717) is 10.9 Å². The second-order valence-corrected chi connectivity index (χ2v) is 4.12. The van der Waals surface area contributed by atoms with Gasteiger partial charge in [-0.05, 0) is 30.2 Å². The predicted octanol–water partition coefficient (Wildman–Crippen LogP) is 2.72. The monoisotopic (exact) mass is 228 g/mol. The number of carbonyl (C=O) groups is 2. The second-order valence-electron chi connectivity index (χ2n) is 4.12. The van der Waals surface area contributed by atoms with Crippen LogP contribution in [0, 0.1) is 13.8 Å². The van der Waals surface area contributed by atoms with Gasteiger partial charge in [-0.1, -0.05) is 35.9 Å². The van der Waals surface area contributed by atoms with Gasteiger partial charge in [-0.15, -0.1) is 0 Å². The van der Waals surface area contributed by atoms with Crippen molar-refractivity contribution in [3.05, 3.63) is 47.0 Å². The lowest BCUT2D eigenvalue weighted by Gasteiger charge is -2.07. The van der Waals surface area contributed by atoms with E-state index in [0.717, 1.165) is 10.9 Å². The first-order chi connectivity index (χ1) is 8.00. The SMILES string of the molecule is Cc1ccc2c(C(=O)C(=O)O)c(C)ccc2c1. The van der Waals surface area contributed by atoms with Gasteiger partial charge >= 0.3 is 5.97 Å². The van der Waals surface area contributed by atoms with E-state index in [1.165, 1.54) is 0 Å². The Kier molecular flexibility index (Phi) is 2.68. The zero-order valence-electron chi connectivity index (χ0n) is 9.65. The molecule has 0 bridgehead atoms. The van der Waals surface area contributed by atoms with Gasteiger partial charge in [0.1, 0.15) is 0 Å². The van der Waals surface area contributed by atoms with Gasteiger partial charge in [0.2, 0.25) is 0 Å². The van der Waals surface area contributed by atoms with Crippen molar-refractivity contribution in [2.24, 2.45) is 0 Å². The Balaban J connectivity index is 2.81. The quantitative estimate of drug-likeness (QED) is 0.635. The molecule has 0 aromatic heterocycles. The van der Waals surface area contributed by atoms with Crippen LogP contribution >= 0.6 is 0 Å². The maximum absolute atomic E-state index is 11.7. The Morgan fingerprint density at radius 1 is 1.06 bits per heavy atom. The Hall–Kier alpha value is -2.16. The normalized spacial score (nSPS) is 10.5. The number of carboxylic acids is 1. The number of hydrogen-bond donors (Lipinski definition) is 1. The van der Waals surface area contributed by atoms with Crippen molar-refractivity contribution in [2.75, 3.05) is 0 Å². The molecule has 0 fully saturated rings. The molecule has 0 heterocycles. The van der Waals surface area contributed by atoms with E-state index in [2.05, 4.69) is 0 Å². The molecule has 3 nitrogen and oxygen atoms in total. The smallest absolute Gasteiger partial charge is 0.377 e. The minimum Gasteiger partial charge on any atom is -0.475 e. The summed E-state index contributed by atoms with van der Waals surface area (Å²) in [5.74, 6) is -2.27. The summed E-state index contributed by atoms with van der Waals surface area (Å²) in [4.78, 5) is 22.5. The molecule has 0 saturated carbocycles. The van der Waals surface area contributed by atoms with E-state index >= 15 is 0 Å². The first-order valence-electron chi connectivity index (χ1n) is 5.28. The van der Waals surface area contributed by atoms with Gasteiger partial charge in [0, 0.05) is 5.56 Å². The van der Waals surface area contributed by atoms with Gasteiger partial charge in [-0.25, -0.2) is 4.79 Å². The van der Waals surface area contributed by atoms with Crippen LogP contribution in [0.15, 0.2) is 30.3 Å². The maximum atomic E-state index is 11.7. The highest BCUT2D eigenvalue weighted by atomic mass is 16.4. The highest BCUT2D eigenvalue weighted by Gasteiger charge is 2.19. The van der Waals surface area contributed by atoms with E-state index in [1.54, 1.807) is 19.1 Å². The summed E-state index contributed by atoms with van der Waals surface area (Å²) in [6, 6.07) is 9.29. The molecule has 2 aromatic carbocycles. The van der Waals surface area contributed by atoms with Crippen LogP contribution in [0.3, 0.4) is 0 Å². The topological polar surface area (TPSA) is 54.4 Å². The van der Waals surface area contributed by atoms with Crippen molar-refractivity contribution in [3.63, 3.8) is 0 Å². The van der Waals surface area contributed by atoms with Gasteiger partial charge < -0.3 is 5.11 Å². The lowest BCUT2D eigenvalue weighted by Crippen LogP contribution is -2.14. The van der Waals surface area contributed by atoms with Crippen LogP contribution in [-0.4, -0.2) is 16.9 Å². The molecule has 86 valence electrons. The molecule has 0 saturated heterocycles. The summed E-state index contributed by atoms with van der Waals surface area (Å²) in [5.41, 5.74) is 2.05. The molecule has 0 radical (unpaired) electrons. The van der Waals surface area contributed by atoms with Crippen molar-refractivity contribution in [2.45, 2.75) is 13.8 Å². The van der Waals surface area contributed by atoms with Crippen LogP contribution in [0.4, 0.5) is 0 Å². The molecule has 2 rings (SSSR count). The fourth-order valence-corrected chi connectivity index (χ4v) is 1.97. The number of benzene rings is 2. The van der Waals surface area contributed by atoms with Gasteiger partial charge in [0.05, 0.1) is 0 Å². The third-order valence-electron chi connectivity index (χ3n) is 2.80. The van der Waals surface area contributed by atoms with Crippen molar-refractivity contribution in [3.8, 4) is 0 Å². The van der Waals surface area contributed by atoms with E-state index in [9.17, 15) is 9.59 Å². The number of rotatable bonds is 2. The first-order valence-corrected chi connectivity index (χ1v) is 5.28. The first kappa shape index (κ1) is 11.3. The molecule has 0 amide bonds. The average Bonchev–Trinajstić information content (AvgIpc) is 2.28. The van der Waals surface area contributed by atoms with Gasteiger partial charge in [0.25, 0.3) is 5.78 Å². The molecule has 0 atom stereocenters. The third kappa shape index (κ3) is 1.91. The van der Waals surface area contributed by atoms with E-state index in [-0.39, 0.29) is 5.56 Å². The summed E-state index contributed by atoms with van der Waals surface area (Å²) < 4.78 is 0. The van der Waals surface area contributed by atoms with Crippen LogP contribution in [0.25, 0.3) is 10.8 Å². The number of carbonyl (C=O) groups excluding carboxylic acids is 1. The Morgan fingerprint density at radius 2 is 1.76 bits per heavy atom. The number of Topliss-reactive ketones (excluding diaryl/α,β-unsaturated/α-hetero) is 1. The van der Waals surface area contributed by atoms with E-state index in [4.69, 9.17) is 5.11 Å². The molecule has 0 spiro atoms. The summed E-state index contributed by atoms with van der Waals surface area (Å²) in [7, 11) is 0. The number of carboxylic acid groups (broad SMARTS) is 1. The molecule has 3 heteroatoms. The van der Waals surface area contributed by atoms with Gasteiger partial charge in [-0.3, -0.25) is 4.79 Å².